The Labute approximate surface area is 119 Å². The predicted octanol–water partition coefficient (Wildman–Crippen LogP) is 4.36. The summed E-state index contributed by atoms with van der Waals surface area (Å²) in [4.78, 5) is 0. The minimum Gasteiger partial charge on any atom is -0.453 e. The van der Waals surface area contributed by atoms with Gasteiger partial charge in [0.25, 0.3) is 0 Å². The Hall–Kier alpha value is -1.25. The van der Waals surface area contributed by atoms with Crippen LogP contribution in [-0.4, -0.2) is 7.05 Å². The van der Waals surface area contributed by atoms with Gasteiger partial charge in [-0.2, -0.15) is 0 Å². The van der Waals surface area contributed by atoms with E-state index in [2.05, 4.69) is 38.2 Å². The molecule has 0 saturated heterocycles. The third-order valence-corrected chi connectivity index (χ3v) is 3.93. The zero-order chi connectivity index (χ0) is 14.0. The molecule has 0 bridgehead atoms. The van der Waals surface area contributed by atoms with E-state index in [0.29, 0.717) is 5.22 Å². The maximum Gasteiger partial charge on any atom is 0.197 e. The molecule has 2 nitrogen and oxygen atoms in total. The summed E-state index contributed by atoms with van der Waals surface area (Å²) in [6, 6.07) is 6.56. The number of aryl methyl sites for hydroxylation is 3. The van der Waals surface area contributed by atoms with Crippen LogP contribution in [0.1, 0.15) is 33.9 Å². The predicted molar refractivity (Wildman–Crippen MR) is 79.9 cm³/mol. The van der Waals surface area contributed by atoms with Crippen LogP contribution < -0.4 is 5.32 Å². The largest absolute Gasteiger partial charge is 0.453 e. The highest BCUT2D eigenvalue weighted by molar-refractivity contribution is 6.29. The van der Waals surface area contributed by atoms with E-state index in [1.54, 1.807) is 6.26 Å². The zero-order valence-electron chi connectivity index (χ0n) is 11.9. The first-order valence-electron chi connectivity index (χ1n) is 6.49. The molecular weight excluding hydrogens is 258 g/mol. The van der Waals surface area contributed by atoms with Crippen LogP contribution in [0.2, 0.25) is 5.22 Å². The summed E-state index contributed by atoms with van der Waals surface area (Å²) in [6.45, 7) is 6.46. The van der Waals surface area contributed by atoms with Gasteiger partial charge in [0.2, 0.25) is 0 Å². The van der Waals surface area contributed by atoms with Gasteiger partial charge in [-0.15, -0.1) is 0 Å². The van der Waals surface area contributed by atoms with E-state index in [-0.39, 0.29) is 6.04 Å². The molecule has 1 heterocycles. The molecule has 2 aromatic rings. The summed E-state index contributed by atoms with van der Waals surface area (Å²) < 4.78 is 5.19. The molecule has 1 N–H and O–H groups in total. The molecule has 0 spiro atoms. The van der Waals surface area contributed by atoms with E-state index < -0.39 is 0 Å². The molecule has 0 radical (unpaired) electrons. The normalized spacial score (nSPS) is 12.7. The van der Waals surface area contributed by atoms with Crippen LogP contribution in [0.4, 0.5) is 0 Å². The summed E-state index contributed by atoms with van der Waals surface area (Å²) >= 11 is 6.08. The Bertz CT molecular complexity index is 551. The van der Waals surface area contributed by atoms with Crippen molar-refractivity contribution in [2.24, 2.45) is 0 Å². The van der Waals surface area contributed by atoms with E-state index in [0.717, 1.165) is 12.0 Å². The van der Waals surface area contributed by atoms with Crippen molar-refractivity contribution in [3.05, 3.63) is 57.5 Å². The van der Waals surface area contributed by atoms with Crippen LogP contribution >= 0.6 is 11.6 Å². The van der Waals surface area contributed by atoms with Crippen molar-refractivity contribution in [1.82, 2.24) is 5.32 Å². The molecule has 1 aromatic carbocycles. The second-order valence-corrected chi connectivity index (χ2v) is 5.42. The Balaban J connectivity index is 2.32. The first-order valence-corrected chi connectivity index (χ1v) is 6.87. The van der Waals surface area contributed by atoms with Crippen molar-refractivity contribution in [2.45, 2.75) is 33.2 Å². The molecule has 3 heteroatoms. The Morgan fingerprint density at radius 2 is 1.84 bits per heavy atom. The lowest BCUT2D eigenvalue weighted by molar-refractivity contribution is 0.543. The van der Waals surface area contributed by atoms with Crippen molar-refractivity contribution in [3.8, 4) is 0 Å². The standard InChI is InChI=1S/C16H20ClNO/c1-10-7-11(2)14(12(3)8-10)9-15(18-4)13-5-6-19-16(13)17/h5-8,15,18H,9H2,1-4H3. The highest BCUT2D eigenvalue weighted by Gasteiger charge is 2.17. The highest BCUT2D eigenvalue weighted by atomic mass is 35.5. The second kappa shape index (κ2) is 5.81. The van der Waals surface area contributed by atoms with Crippen LogP contribution in [0, 0.1) is 20.8 Å². The lowest BCUT2D eigenvalue weighted by Gasteiger charge is -2.19. The molecule has 2 rings (SSSR count). The van der Waals surface area contributed by atoms with Crippen molar-refractivity contribution in [1.29, 1.82) is 0 Å². The van der Waals surface area contributed by atoms with Crippen LogP contribution in [0.3, 0.4) is 0 Å². The Morgan fingerprint density at radius 1 is 1.21 bits per heavy atom. The topological polar surface area (TPSA) is 25.2 Å². The number of nitrogens with one attached hydrogen (secondary N) is 1. The SMILES string of the molecule is CNC(Cc1c(C)cc(C)cc1C)c1ccoc1Cl. The van der Waals surface area contributed by atoms with E-state index >= 15 is 0 Å². The number of hydrogen-bond acceptors (Lipinski definition) is 2. The third kappa shape index (κ3) is 3.02. The fourth-order valence-electron chi connectivity index (χ4n) is 2.66. The molecule has 0 saturated carbocycles. The number of likely N-dealkylation sites (N-methyl/N-ethyl adjacent to an activating group) is 1. The smallest absolute Gasteiger partial charge is 0.197 e. The number of halogens is 1. The maximum absolute atomic E-state index is 6.08. The number of furan rings is 1. The fourth-order valence-corrected chi connectivity index (χ4v) is 2.90. The molecule has 19 heavy (non-hydrogen) atoms. The Kier molecular flexibility index (Phi) is 4.33. The second-order valence-electron chi connectivity index (χ2n) is 5.07. The number of hydrogen-bond donors (Lipinski definition) is 1. The van der Waals surface area contributed by atoms with Gasteiger partial charge in [-0.3, -0.25) is 0 Å². The molecular formula is C16H20ClNO. The van der Waals surface area contributed by atoms with Gasteiger partial charge >= 0.3 is 0 Å². The maximum atomic E-state index is 6.08. The highest BCUT2D eigenvalue weighted by Crippen LogP contribution is 2.28. The summed E-state index contributed by atoms with van der Waals surface area (Å²) in [5.41, 5.74) is 6.36. The molecule has 0 aliphatic rings. The van der Waals surface area contributed by atoms with Gasteiger partial charge in [0.1, 0.15) is 0 Å². The van der Waals surface area contributed by atoms with E-state index in [1.165, 1.54) is 22.3 Å². The molecule has 102 valence electrons. The molecule has 0 amide bonds. The Morgan fingerprint density at radius 3 is 2.32 bits per heavy atom. The van der Waals surface area contributed by atoms with Gasteiger partial charge in [-0.1, -0.05) is 17.7 Å². The summed E-state index contributed by atoms with van der Waals surface area (Å²) in [5.74, 6) is 0. The zero-order valence-corrected chi connectivity index (χ0v) is 12.6. The van der Waals surface area contributed by atoms with Crippen molar-refractivity contribution < 1.29 is 4.42 Å². The van der Waals surface area contributed by atoms with Gasteiger partial charge < -0.3 is 9.73 Å². The van der Waals surface area contributed by atoms with Crippen molar-refractivity contribution >= 4 is 11.6 Å². The first-order chi connectivity index (χ1) is 9.02. The minimum absolute atomic E-state index is 0.173. The first kappa shape index (κ1) is 14.2. The van der Waals surface area contributed by atoms with E-state index in [9.17, 15) is 0 Å². The van der Waals surface area contributed by atoms with Gasteiger partial charge in [0.15, 0.2) is 5.22 Å². The minimum atomic E-state index is 0.173. The van der Waals surface area contributed by atoms with Crippen molar-refractivity contribution in [3.63, 3.8) is 0 Å². The molecule has 0 fully saturated rings. The fraction of sp³-hybridized carbons (Fsp3) is 0.375. The summed E-state index contributed by atoms with van der Waals surface area (Å²) in [7, 11) is 1.95. The third-order valence-electron chi connectivity index (χ3n) is 3.62. The number of benzene rings is 1. The van der Waals surface area contributed by atoms with Crippen LogP contribution in [-0.2, 0) is 6.42 Å². The molecule has 0 aliphatic heterocycles. The average molecular weight is 278 g/mol. The monoisotopic (exact) mass is 277 g/mol. The van der Waals surface area contributed by atoms with Crippen LogP contribution in [0.25, 0.3) is 0 Å². The van der Waals surface area contributed by atoms with Gasteiger partial charge in [0.05, 0.1) is 6.26 Å². The molecule has 0 aliphatic carbocycles. The lowest BCUT2D eigenvalue weighted by Crippen LogP contribution is -2.19. The quantitative estimate of drug-likeness (QED) is 0.898. The van der Waals surface area contributed by atoms with Crippen molar-refractivity contribution in [2.75, 3.05) is 7.05 Å². The molecule has 1 aromatic heterocycles. The summed E-state index contributed by atoms with van der Waals surface area (Å²) in [6.07, 6.45) is 2.55. The van der Waals surface area contributed by atoms with Gasteiger partial charge in [-0.25, -0.2) is 0 Å². The van der Waals surface area contributed by atoms with Crippen LogP contribution in [0.5, 0.6) is 0 Å². The van der Waals surface area contributed by atoms with Crippen LogP contribution in [0.15, 0.2) is 28.9 Å². The molecule has 1 atom stereocenters. The average Bonchev–Trinajstić information content (AvgIpc) is 2.75. The lowest BCUT2D eigenvalue weighted by atomic mass is 9.92. The van der Waals surface area contributed by atoms with E-state index in [4.69, 9.17) is 16.0 Å². The van der Waals surface area contributed by atoms with Gasteiger partial charge in [0, 0.05) is 11.6 Å². The van der Waals surface area contributed by atoms with Gasteiger partial charge in [-0.05, 0) is 68.6 Å². The molecule has 1 unspecified atom stereocenters. The number of rotatable bonds is 4. The van der Waals surface area contributed by atoms with E-state index in [1.807, 2.05) is 13.1 Å². The summed E-state index contributed by atoms with van der Waals surface area (Å²) in [5, 5.41) is 3.79.